The minimum absolute atomic E-state index is 0. The van der Waals surface area contributed by atoms with Crippen molar-refractivity contribution in [2.45, 2.75) is 36.5 Å². The number of carbonyl (C=O) groups excluding carboxylic acids is 4. The van der Waals surface area contributed by atoms with Crippen molar-refractivity contribution in [2.75, 3.05) is 24.6 Å². The van der Waals surface area contributed by atoms with Gasteiger partial charge >= 0.3 is 11.9 Å². The van der Waals surface area contributed by atoms with Crippen LogP contribution in [0.1, 0.15) is 46.9 Å². The van der Waals surface area contributed by atoms with Crippen molar-refractivity contribution < 1.29 is 33.8 Å². The molecule has 0 aliphatic carbocycles. The number of imide groups is 1. The number of halogens is 1. The predicted molar refractivity (Wildman–Crippen MR) is 147 cm³/mol. The number of hydrogen-bond donors (Lipinski definition) is 2. The Balaban J connectivity index is 0.00000420. The molecule has 3 atom stereocenters. The monoisotopic (exact) mass is 575 g/mol. The number of carbonyl (C=O) groups is 5. The molecule has 4 rings (SSSR count). The molecule has 2 aliphatic heterocycles. The van der Waals surface area contributed by atoms with Crippen LogP contribution in [0.3, 0.4) is 0 Å². The van der Waals surface area contributed by atoms with E-state index < -0.39 is 41.6 Å². The lowest BCUT2D eigenvalue weighted by Crippen LogP contribution is -2.48. The summed E-state index contributed by atoms with van der Waals surface area (Å²) >= 11 is 1.21. The van der Waals surface area contributed by atoms with Crippen molar-refractivity contribution in [3.05, 3.63) is 59.7 Å². The number of nitrogens with zero attached hydrogens (tertiary/aromatic N) is 2. The molecule has 1 unspecified atom stereocenters. The third-order valence-corrected chi connectivity index (χ3v) is 7.83. The molecule has 10 nitrogen and oxygen atoms in total. The summed E-state index contributed by atoms with van der Waals surface area (Å²) in [6, 6.07) is 13.5. The first-order valence-electron chi connectivity index (χ1n) is 12.4. The van der Waals surface area contributed by atoms with Crippen molar-refractivity contribution >= 4 is 59.5 Å². The molecule has 39 heavy (non-hydrogen) atoms. The van der Waals surface area contributed by atoms with Gasteiger partial charge in [-0.1, -0.05) is 30.7 Å². The molecule has 208 valence electrons. The number of amides is 3. The van der Waals surface area contributed by atoms with Gasteiger partial charge in [-0.3, -0.25) is 33.8 Å². The lowest BCUT2D eigenvalue weighted by molar-refractivity contribution is -0.152. The van der Waals surface area contributed by atoms with Crippen LogP contribution in [0.5, 0.6) is 0 Å². The highest BCUT2D eigenvalue weighted by molar-refractivity contribution is 8.00. The van der Waals surface area contributed by atoms with E-state index in [0.29, 0.717) is 34.6 Å². The first-order valence-corrected chi connectivity index (χ1v) is 13.3. The van der Waals surface area contributed by atoms with Crippen LogP contribution in [0.4, 0.5) is 5.69 Å². The van der Waals surface area contributed by atoms with Gasteiger partial charge in [0.2, 0.25) is 5.91 Å². The van der Waals surface area contributed by atoms with Crippen molar-refractivity contribution in [1.29, 1.82) is 0 Å². The van der Waals surface area contributed by atoms with E-state index in [9.17, 15) is 29.1 Å². The van der Waals surface area contributed by atoms with Crippen LogP contribution < -0.4 is 10.6 Å². The van der Waals surface area contributed by atoms with E-state index in [1.54, 1.807) is 55.5 Å². The van der Waals surface area contributed by atoms with Crippen LogP contribution in [0.2, 0.25) is 0 Å². The van der Waals surface area contributed by atoms with Gasteiger partial charge in [-0.2, -0.15) is 0 Å². The number of fused-ring (bicyclic) bond motifs is 2. The summed E-state index contributed by atoms with van der Waals surface area (Å²) in [6.45, 7) is 1.35. The van der Waals surface area contributed by atoms with Crippen LogP contribution in [0.25, 0.3) is 0 Å². The number of esters is 1. The fraction of sp³-hybridized carbons (Fsp3) is 0.370. The zero-order valence-electron chi connectivity index (χ0n) is 21.3. The molecule has 2 aliphatic rings. The van der Waals surface area contributed by atoms with Crippen molar-refractivity contribution in [3.63, 3.8) is 0 Å². The van der Waals surface area contributed by atoms with E-state index >= 15 is 0 Å². The van der Waals surface area contributed by atoms with E-state index in [-0.39, 0.29) is 43.8 Å². The Hall–Kier alpha value is -3.41. The van der Waals surface area contributed by atoms with Crippen LogP contribution >= 0.6 is 24.2 Å². The van der Waals surface area contributed by atoms with Crippen molar-refractivity contribution in [3.8, 4) is 0 Å². The number of unbranched alkanes of at least 4 members (excludes halogenated alkanes) is 1. The average Bonchev–Trinajstić information content (AvgIpc) is 3.08. The molecule has 3 amide bonds. The lowest BCUT2D eigenvalue weighted by atomic mass is 9.86. The van der Waals surface area contributed by atoms with Gasteiger partial charge in [-0.25, -0.2) is 0 Å². The summed E-state index contributed by atoms with van der Waals surface area (Å²) in [5.74, 6) is -5.03. The fourth-order valence-electron chi connectivity index (χ4n) is 4.91. The van der Waals surface area contributed by atoms with E-state index in [1.165, 1.54) is 16.7 Å². The largest absolute Gasteiger partial charge is 0.480 e. The molecular formula is C27H30ClN3O7S. The quantitative estimate of drug-likeness (QED) is 0.247. The number of nitrogens with two attached hydrogens (primary N) is 1. The highest BCUT2D eigenvalue weighted by Gasteiger charge is 2.44. The number of ether oxygens (including phenoxy) is 1. The van der Waals surface area contributed by atoms with E-state index in [1.807, 2.05) is 0 Å². The molecule has 2 aromatic rings. The van der Waals surface area contributed by atoms with Crippen molar-refractivity contribution in [2.24, 2.45) is 17.6 Å². The van der Waals surface area contributed by atoms with E-state index in [0.717, 1.165) is 4.90 Å². The number of hydrogen-bond acceptors (Lipinski definition) is 8. The van der Waals surface area contributed by atoms with Crippen molar-refractivity contribution in [1.82, 2.24) is 4.90 Å². The van der Waals surface area contributed by atoms with Gasteiger partial charge < -0.3 is 15.6 Å². The van der Waals surface area contributed by atoms with Crippen LogP contribution in [0, 0.1) is 11.8 Å². The maximum absolute atomic E-state index is 13.7. The summed E-state index contributed by atoms with van der Waals surface area (Å²) in [5.41, 5.74) is 7.63. The van der Waals surface area contributed by atoms with Gasteiger partial charge in [0.05, 0.1) is 40.6 Å². The highest BCUT2D eigenvalue weighted by Crippen LogP contribution is 2.42. The molecule has 0 bridgehead atoms. The van der Waals surface area contributed by atoms with Crippen LogP contribution in [0.15, 0.2) is 53.4 Å². The number of anilines is 1. The van der Waals surface area contributed by atoms with Crippen LogP contribution in [-0.2, 0) is 19.1 Å². The second kappa shape index (κ2) is 13.1. The molecule has 12 heteroatoms. The summed E-state index contributed by atoms with van der Waals surface area (Å²) in [7, 11) is 0. The molecule has 0 fully saturated rings. The molecule has 3 N–H and O–H groups in total. The van der Waals surface area contributed by atoms with Crippen LogP contribution in [-0.4, -0.2) is 64.7 Å². The predicted octanol–water partition coefficient (Wildman–Crippen LogP) is 3.18. The highest BCUT2D eigenvalue weighted by atomic mass is 35.5. The Bertz CT molecular complexity index is 1240. The van der Waals surface area contributed by atoms with E-state index in [2.05, 4.69) is 0 Å². The van der Waals surface area contributed by atoms with Gasteiger partial charge in [0.15, 0.2) is 0 Å². The summed E-state index contributed by atoms with van der Waals surface area (Å²) in [4.78, 5) is 66.7. The molecule has 0 spiro atoms. The average molecular weight is 576 g/mol. The maximum Gasteiger partial charge on any atom is 0.323 e. The Morgan fingerprint density at radius 3 is 2.23 bits per heavy atom. The zero-order valence-corrected chi connectivity index (χ0v) is 22.9. The normalized spacial score (nSPS) is 19.1. The zero-order chi connectivity index (χ0) is 27.4. The number of carboxylic acid groups (broad SMARTS) is 1. The smallest absolute Gasteiger partial charge is 0.323 e. The molecule has 0 radical (unpaired) electrons. The van der Waals surface area contributed by atoms with Gasteiger partial charge in [-0.05, 0) is 44.0 Å². The Morgan fingerprint density at radius 1 is 1.00 bits per heavy atom. The fourth-order valence-corrected chi connectivity index (χ4v) is 6.11. The minimum Gasteiger partial charge on any atom is -0.480 e. The summed E-state index contributed by atoms with van der Waals surface area (Å²) in [5, 5.41) is 8.66. The minimum atomic E-state index is -1.19. The third-order valence-electron chi connectivity index (χ3n) is 6.67. The molecule has 0 saturated carbocycles. The molecule has 0 aromatic heterocycles. The third kappa shape index (κ3) is 6.26. The topological polar surface area (TPSA) is 147 Å². The number of benzene rings is 2. The number of rotatable bonds is 10. The Morgan fingerprint density at radius 2 is 1.62 bits per heavy atom. The SMILES string of the molecule is CCOC(=O)[C@@H](CCCCN1C(=O)c2ccccc2C1=O)[C@@H]1C(=O)N(CC(=O)O)c2ccccc2SC1N.Cl. The molecule has 0 saturated heterocycles. The second-order valence-electron chi connectivity index (χ2n) is 9.06. The molecule has 2 heterocycles. The number of para-hydroxylation sites is 1. The lowest BCUT2D eigenvalue weighted by Gasteiger charge is -2.30. The second-order valence-corrected chi connectivity index (χ2v) is 10.3. The van der Waals surface area contributed by atoms with Gasteiger partial charge in [0.1, 0.15) is 6.54 Å². The molecule has 2 aromatic carbocycles. The van der Waals surface area contributed by atoms with E-state index in [4.69, 9.17) is 10.5 Å². The first-order chi connectivity index (χ1) is 18.2. The standard InChI is InChI=1S/C27H29N3O7S.ClH/c1-2-37-27(36)18(11-7-8-14-29-24(33)16-9-3-4-10-17(16)25(29)34)22-23(28)38-20-13-6-5-12-19(20)30(26(22)35)15-21(31)32;/h3-6,9-10,12-13,18,22-23H,2,7-8,11,14-15,28H2,1H3,(H,31,32);1H/t18-,22-,23?;/m0./s1. The Kier molecular flexibility index (Phi) is 10.1. The summed E-state index contributed by atoms with van der Waals surface area (Å²) in [6.07, 6.45) is 1.03. The molecular weight excluding hydrogens is 546 g/mol. The Labute approximate surface area is 236 Å². The first kappa shape index (κ1) is 30.1. The summed E-state index contributed by atoms with van der Waals surface area (Å²) < 4.78 is 5.29. The van der Waals surface area contributed by atoms with Gasteiger partial charge in [0, 0.05) is 11.4 Å². The number of thioether (sulfide) groups is 1. The number of aliphatic carboxylic acids is 1. The number of carboxylic acids is 1. The van der Waals surface area contributed by atoms with Gasteiger partial charge in [0.25, 0.3) is 11.8 Å². The maximum atomic E-state index is 13.7. The van der Waals surface area contributed by atoms with Gasteiger partial charge in [-0.15, -0.1) is 24.2 Å².